The standard InChI is InChI=1S/C16H18BrN3O2/c1-11(2)12-5-6-15(14(17)8-12)22-10-16(21)20-19-9-13-4-3-7-18-13/h3-9,11,18H,10H2,1-2H3,(H,20,21). The lowest BCUT2D eigenvalue weighted by Gasteiger charge is -2.10. The minimum absolute atomic E-state index is 0.0955. The molecule has 2 rings (SSSR count). The normalized spacial score (nSPS) is 11.1. The van der Waals surface area contributed by atoms with Crippen LogP contribution < -0.4 is 10.2 Å². The number of carbonyl (C=O) groups is 1. The molecule has 0 spiro atoms. The molecule has 5 nitrogen and oxygen atoms in total. The molecule has 0 bridgehead atoms. The van der Waals surface area contributed by atoms with Gasteiger partial charge in [0.25, 0.3) is 5.91 Å². The summed E-state index contributed by atoms with van der Waals surface area (Å²) in [6, 6.07) is 9.55. The predicted octanol–water partition coefficient (Wildman–Crippen LogP) is 3.43. The van der Waals surface area contributed by atoms with Gasteiger partial charge >= 0.3 is 0 Å². The van der Waals surface area contributed by atoms with Crippen molar-refractivity contribution in [1.29, 1.82) is 0 Å². The van der Waals surface area contributed by atoms with Crippen LogP contribution in [0.25, 0.3) is 0 Å². The fraction of sp³-hybridized carbons (Fsp3) is 0.250. The summed E-state index contributed by atoms with van der Waals surface area (Å²) in [6.07, 6.45) is 3.32. The maximum absolute atomic E-state index is 11.7. The monoisotopic (exact) mass is 363 g/mol. The maximum atomic E-state index is 11.7. The van der Waals surface area contributed by atoms with Crippen LogP contribution in [0.4, 0.5) is 0 Å². The molecule has 0 unspecified atom stereocenters. The molecular weight excluding hydrogens is 346 g/mol. The van der Waals surface area contributed by atoms with Crippen LogP contribution >= 0.6 is 15.9 Å². The number of aromatic nitrogens is 1. The van der Waals surface area contributed by atoms with Crippen LogP contribution in [0.5, 0.6) is 5.75 Å². The van der Waals surface area contributed by atoms with Gasteiger partial charge in [0.15, 0.2) is 6.61 Å². The summed E-state index contributed by atoms with van der Waals surface area (Å²) in [6.45, 7) is 4.15. The van der Waals surface area contributed by atoms with Crippen molar-refractivity contribution < 1.29 is 9.53 Å². The summed E-state index contributed by atoms with van der Waals surface area (Å²) in [7, 11) is 0. The molecule has 6 heteroatoms. The number of ether oxygens (including phenoxy) is 1. The average Bonchev–Trinajstić information content (AvgIpc) is 2.99. The molecule has 22 heavy (non-hydrogen) atoms. The Morgan fingerprint density at radius 2 is 2.27 bits per heavy atom. The lowest BCUT2D eigenvalue weighted by Crippen LogP contribution is -2.24. The van der Waals surface area contributed by atoms with E-state index in [-0.39, 0.29) is 12.5 Å². The fourth-order valence-electron chi connectivity index (χ4n) is 1.77. The number of hydrazone groups is 1. The Bertz CT molecular complexity index is 651. The predicted molar refractivity (Wildman–Crippen MR) is 90.3 cm³/mol. The van der Waals surface area contributed by atoms with Crippen LogP contribution in [0, 0.1) is 0 Å². The zero-order valence-corrected chi connectivity index (χ0v) is 14.1. The molecule has 0 fully saturated rings. The largest absolute Gasteiger partial charge is 0.483 e. The van der Waals surface area contributed by atoms with E-state index in [4.69, 9.17) is 4.74 Å². The quantitative estimate of drug-likeness (QED) is 0.609. The number of benzene rings is 1. The first-order valence-electron chi connectivity index (χ1n) is 6.94. The summed E-state index contributed by atoms with van der Waals surface area (Å²) >= 11 is 3.45. The summed E-state index contributed by atoms with van der Waals surface area (Å²) < 4.78 is 6.32. The molecule has 1 heterocycles. The van der Waals surface area contributed by atoms with Crippen LogP contribution in [0.2, 0.25) is 0 Å². The number of amides is 1. The highest BCUT2D eigenvalue weighted by Gasteiger charge is 2.07. The van der Waals surface area contributed by atoms with Gasteiger partial charge in [0.2, 0.25) is 0 Å². The molecule has 1 aromatic heterocycles. The molecule has 0 saturated carbocycles. The highest BCUT2D eigenvalue weighted by molar-refractivity contribution is 9.10. The molecule has 2 aromatic rings. The number of halogens is 1. The first-order valence-corrected chi connectivity index (χ1v) is 7.73. The van der Waals surface area contributed by atoms with E-state index in [1.54, 1.807) is 6.20 Å². The maximum Gasteiger partial charge on any atom is 0.277 e. The number of nitrogens with zero attached hydrogens (tertiary/aromatic N) is 1. The fourth-order valence-corrected chi connectivity index (χ4v) is 2.28. The van der Waals surface area contributed by atoms with Gasteiger partial charge < -0.3 is 9.72 Å². The van der Waals surface area contributed by atoms with Crippen molar-refractivity contribution in [2.24, 2.45) is 5.10 Å². The van der Waals surface area contributed by atoms with Crippen LogP contribution in [0.15, 0.2) is 46.1 Å². The third-order valence-corrected chi connectivity index (χ3v) is 3.62. The van der Waals surface area contributed by atoms with Crippen molar-refractivity contribution in [1.82, 2.24) is 10.4 Å². The summed E-state index contributed by atoms with van der Waals surface area (Å²) in [5, 5.41) is 3.84. The first-order chi connectivity index (χ1) is 10.6. The van der Waals surface area contributed by atoms with Crippen molar-refractivity contribution in [3.8, 4) is 5.75 Å². The van der Waals surface area contributed by atoms with E-state index in [0.717, 1.165) is 10.2 Å². The first kappa shape index (κ1) is 16.3. The SMILES string of the molecule is CC(C)c1ccc(OCC(=O)NN=Cc2ccc[nH]2)c(Br)c1. The van der Waals surface area contributed by atoms with Gasteiger partial charge in [-0.1, -0.05) is 19.9 Å². The molecule has 2 N–H and O–H groups in total. The third-order valence-electron chi connectivity index (χ3n) is 3.00. The van der Waals surface area contributed by atoms with Gasteiger partial charge in [0.05, 0.1) is 16.4 Å². The molecule has 0 aliphatic carbocycles. The Labute approximate surface area is 137 Å². The van der Waals surface area contributed by atoms with E-state index in [0.29, 0.717) is 11.7 Å². The number of nitrogens with one attached hydrogen (secondary N) is 2. The smallest absolute Gasteiger partial charge is 0.277 e. The minimum Gasteiger partial charge on any atom is -0.483 e. The summed E-state index contributed by atoms with van der Waals surface area (Å²) in [4.78, 5) is 14.6. The van der Waals surface area contributed by atoms with Gasteiger partial charge in [0.1, 0.15) is 5.75 Å². The van der Waals surface area contributed by atoms with Crippen LogP contribution in [0.1, 0.15) is 31.0 Å². The highest BCUT2D eigenvalue weighted by Crippen LogP contribution is 2.28. The molecule has 0 aliphatic rings. The molecular formula is C16H18BrN3O2. The van der Waals surface area contributed by atoms with Gasteiger partial charge in [-0.3, -0.25) is 4.79 Å². The Hall–Kier alpha value is -2.08. The minimum atomic E-state index is -0.317. The number of hydrogen-bond acceptors (Lipinski definition) is 3. The zero-order chi connectivity index (χ0) is 15.9. The van der Waals surface area contributed by atoms with Gasteiger partial charge in [-0.05, 0) is 51.7 Å². The highest BCUT2D eigenvalue weighted by atomic mass is 79.9. The van der Waals surface area contributed by atoms with Crippen molar-refractivity contribution >= 4 is 28.1 Å². The van der Waals surface area contributed by atoms with Crippen LogP contribution in [0.3, 0.4) is 0 Å². The second-order valence-corrected chi connectivity index (χ2v) is 5.91. The van der Waals surface area contributed by atoms with E-state index in [1.807, 2.05) is 30.3 Å². The van der Waals surface area contributed by atoms with Gasteiger partial charge in [-0.2, -0.15) is 5.10 Å². The van der Waals surface area contributed by atoms with Crippen molar-refractivity contribution in [3.05, 3.63) is 52.3 Å². The average molecular weight is 364 g/mol. The van der Waals surface area contributed by atoms with Crippen LogP contribution in [-0.2, 0) is 4.79 Å². The summed E-state index contributed by atoms with van der Waals surface area (Å²) in [5.41, 5.74) is 4.43. The topological polar surface area (TPSA) is 66.5 Å². The van der Waals surface area contributed by atoms with Gasteiger partial charge in [0, 0.05) is 6.20 Å². The Kier molecular flexibility index (Phi) is 5.77. The molecule has 0 atom stereocenters. The number of rotatable bonds is 6. The van der Waals surface area contributed by atoms with Crippen LogP contribution in [-0.4, -0.2) is 23.7 Å². The Balaban J connectivity index is 1.83. The molecule has 0 radical (unpaired) electrons. The van der Waals surface area contributed by atoms with Gasteiger partial charge in [-0.25, -0.2) is 5.43 Å². The van der Waals surface area contributed by atoms with Crippen molar-refractivity contribution in [3.63, 3.8) is 0 Å². The second-order valence-electron chi connectivity index (χ2n) is 5.05. The second kappa shape index (κ2) is 7.79. The zero-order valence-electron chi connectivity index (χ0n) is 12.5. The number of aromatic amines is 1. The van der Waals surface area contributed by atoms with E-state index >= 15 is 0 Å². The Morgan fingerprint density at radius 1 is 1.45 bits per heavy atom. The lowest BCUT2D eigenvalue weighted by molar-refractivity contribution is -0.123. The number of H-pyrrole nitrogens is 1. The Morgan fingerprint density at radius 3 is 2.91 bits per heavy atom. The van der Waals surface area contributed by atoms with E-state index in [9.17, 15) is 4.79 Å². The molecule has 116 valence electrons. The van der Waals surface area contributed by atoms with Crippen molar-refractivity contribution in [2.75, 3.05) is 6.61 Å². The third kappa shape index (κ3) is 4.73. The molecule has 0 aliphatic heterocycles. The van der Waals surface area contributed by atoms with E-state index in [1.165, 1.54) is 11.8 Å². The number of hydrogen-bond donors (Lipinski definition) is 2. The van der Waals surface area contributed by atoms with Gasteiger partial charge in [-0.15, -0.1) is 0 Å². The van der Waals surface area contributed by atoms with E-state index < -0.39 is 0 Å². The summed E-state index contributed by atoms with van der Waals surface area (Å²) in [5.74, 6) is 0.756. The van der Waals surface area contributed by atoms with E-state index in [2.05, 4.69) is 45.3 Å². The molecule has 1 aromatic carbocycles. The number of carbonyl (C=O) groups excluding carboxylic acids is 1. The molecule has 0 saturated heterocycles. The lowest BCUT2D eigenvalue weighted by atomic mass is 10.0. The molecule has 1 amide bonds. The van der Waals surface area contributed by atoms with Crippen molar-refractivity contribution in [2.45, 2.75) is 19.8 Å².